The molecule has 0 unspecified atom stereocenters. The fraction of sp³-hybridized carbons (Fsp3) is 0.100. The third-order valence-electron chi connectivity index (χ3n) is 1.92. The van der Waals surface area contributed by atoms with Crippen LogP contribution in [-0.4, -0.2) is 6.29 Å². The summed E-state index contributed by atoms with van der Waals surface area (Å²) in [4.78, 5) is 11.2. The molecular formula is C10H7ClOS. The highest BCUT2D eigenvalue weighted by Crippen LogP contribution is 2.34. The molecule has 0 saturated carbocycles. The summed E-state index contributed by atoms with van der Waals surface area (Å²) in [6, 6.07) is 5.99. The quantitative estimate of drug-likeness (QED) is 0.657. The fourth-order valence-corrected chi connectivity index (χ4v) is 2.66. The molecule has 1 aromatic carbocycles. The Morgan fingerprint density at radius 2 is 2.23 bits per heavy atom. The van der Waals surface area contributed by atoms with Crippen molar-refractivity contribution < 1.29 is 4.79 Å². The van der Waals surface area contributed by atoms with E-state index in [-0.39, 0.29) is 0 Å². The van der Waals surface area contributed by atoms with Gasteiger partial charge in [-0.3, -0.25) is 4.79 Å². The summed E-state index contributed by atoms with van der Waals surface area (Å²) in [5, 5.41) is 1.55. The summed E-state index contributed by atoms with van der Waals surface area (Å²) in [7, 11) is 0. The third-order valence-corrected chi connectivity index (χ3v) is 3.51. The van der Waals surface area contributed by atoms with E-state index in [4.69, 9.17) is 11.6 Å². The van der Waals surface area contributed by atoms with Gasteiger partial charge in [0.1, 0.15) is 0 Å². The van der Waals surface area contributed by atoms with Gasteiger partial charge in [0, 0.05) is 10.1 Å². The molecule has 0 saturated heterocycles. The summed E-state index contributed by atoms with van der Waals surface area (Å²) >= 11 is 7.43. The van der Waals surface area contributed by atoms with Crippen LogP contribution in [0.4, 0.5) is 0 Å². The van der Waals surface area contributed by atoms with Gasteiger partial charge in [-0.15, -0.1) is 11.3 Å². The van der Waals surface area contributed by atoms with Crippen LogP contribution < -0.4 is 0 Å². The van der Waals surface area contributed by atoms with Gasteiger partial charge in [-0.2, -0.15) is 0 Å². The lowest BCUT2D eigenvalue weighted by molar-refractivity contribution is 0.112. The van der Waals surface area contributed by atoms with Gasteiger partial charge in [-0.25, -0.2) is 0 Å². The molecule has 66 valence electrons. The fourth-order valence-electron chi connectivity index (χ4n) is 1.27. The van der Waals surface area contributed by atoms with Crippen molar-refractivity contribution >= 4 is 39.3 Å². The maximum atomic E-state index is 10.6. The van der Waals surface area contributed by atoms with Crippen molar-refractivity contribution in [1.29, 1.82) is 0 Å². The molecule has 0 fully saturated rings. The first-order chi connectivity index (χ1) is 6.22. The number of fused-ring (bicyclic) bond motifs is 1. The number of hydrogen-bond acceptors (Lipinski definition) is 2. The number of thiophene rings is 1. The zero-order chi connectivity index (χ0) is 9.42. The number of aldehydes is 1. The van der Waals surface area contributed by atoms with Crippen LogP contribution in [-0.2, 0) is 0 Å². The minimum atomic E-state index is 0.579. The normalized spacial score (nSPS) is 10.6. The smallest absolute Gasteiger partial charge is 0.161 e. The molecule has 1 heterocycles. The topological polar surface area (TPSA) is 17.1 Å². The molecule has 0 aliphatic carbocycles. The number of carbonyl (C=O) groups is 1. The lowest BCUT2D eigenvalue weighted by Gasteiger charge is -1.91. The van der Waals surface area contributed by atoms with Gasteiger partial charge in [-0.1, -0.05) is 23.7 Å². The Hall–Kier alpha value is -0.860. The Morgan fingerprint density at radius 1 is 1.46 bits per heavy atom. The first-order valence-electron chi connectivity index (χ1n) is 3.86. The van der Waals surface area contributed by atoms with Crippen LogP contribution in [0.5, 0.6) is 0 Å². The Bertz CT molecular complexity index is 473. The van der Waals surface area contributed by atoms with E-state index in [1.807, 2.05) is 25.1 Å². The Balaban J connectivity index is 2.83. The van der Waals surface area contributed by atoms with E-state index in [1.165, 1.54) is 16.9 Å². The van der Waals surface area contributed by atoms with Crippen molar-refractivity contribution in [2.45, 2.75) is 6.92 Å². The average Bonchev–Trinajstić information content (AvgIpc) is 2.42. The Labute approximate surface area is 84.9 Å². The van der Waals surface area contributed by atoms with E-state index in [2.05, 4.69) is 0 Å². The van der Waals surface area contributed by atoms with Crippen LogP contribution in [0.2, 0.25) is 5.02 Å². The maximum Gasteiger partial charge on any atom is 0.161 e. The third kappa shape index (κ3) is 1.36. The van der Waals surface area contributed by atoms with Gasteiger partial charge in [0.2, 0.25) is 0 Å². The second-order valence-corrected chi connectivity index (χ2v) is 4.36. The molecule has 0 amide bonds. The lowest BCUT2D eigenvalue weighted by Crippen LogP contribution is -1.70. The van der Waals surface area contributed by atoms with Crippen LogP contribution in [0.25, 0.3) is 10.1 Å². The van der Waals surface area contributed by atoms with Crippen LogP contribution in [0.15, 0.2) is 18.2 Å². The van der Waals surface area contributed by atoms with E-state index in [0.717, 1.165) is 16.4 Å². The predicted octanol–water partition coefficient (Wildman–Crippen LogP) is 3.68. The molecule has 2 rings (SSSR count). The molecule has 3 heteroatoms. The SMILES string of the molecule is Cc1ccc2c(Cl)c(C=O)sc2c1. The number of carbonyl (C=O) groups excluding carboxylic acids is 1. The molecule has 13 heavy (non-hydrogen) atoms. The molecule has 1 nitrogen and oxygen atoms in total. The Morgan fingerprint density at radius 3 is 2.92 bits per heavy atom. The summed E-state index contributed by atoms with van der Waals surface area (Å²) in [5.41, 5.74) is 1.18. The first-order valence-corrected chi connectivity index (χ1v) is 5.05. The molecule has 0 bridgehead atoms. The number of rotatable bonds is 1. The lowest BCUT2D eigenvalue weighted by atomic mass is 10.2. The van der Waals surface area contributed by atoms with Crippen molar-refractivity contribution in [2.75, 3.05) is 0 Å². The van der Waals surface area contributed by atoms with Crippen molar-refractivity contribution in [2.24, 2.45) is 0 Å². The minimum absolute atomic E-state index is 0.579. The molecule has 1 aromatic heterocycles. The second kappa shape index (κ2) is 3.13. The van der Waals surface area contributed by atoms with Crippen LogP contribution in [0.3, 0.4) is 0 Å². The van der Waals surface area contributed by atoms with Crippen LogP contribution in [0.1, 0.15) is 15.2 Å². The van der Waals surface area contributed by atoms with Crippen molar-refractivity contribution in [1.82, 2.24) is 0 Å². The average molecular weight is 211 g/mol. The van der Waals surface area contributed by atoms with E-state index < -0.39 is 0 Å². The molecular weight excluding hydrogens is 204 g/mol. The number of hydrogen-bond donors (Lipinski definition) is 0. The molecule has 0 atom stereocenters. The summed E-state index contributed by atoms with van der Waals surface area (Å²) in [5.74, 6) is 0. The van der Waals surface area contributed by atoms with Crippen LogP contribution in [0, 0.1) is 6.92 Å². The van der Waals surface area contributed by atoms with Crippen molar-refractivity contribution in [3.05, 3.63) is 33.7 Å². The molecule has 0 spiro atoms. The molecule has 0 aliphatic heterocycles. The molecule has 0 N–H and O–H groups in total. The standard InChI is InChI=1S/C10H7ClOS/c1-6-2-3-7-8(4-6)13-9(5-12)10(7)11/h2-5H,1H3. The number of halogens is 1. The highest BCUT2D eigenvalue weighted by atomic mass is 35.5. The molecule has 0 radical (unpaired) electrons. The highest BCUT2D eigenvalue weighted by molar-refractivity contribution is 7.21. The molecule has 2 aromatic rings. The second-order valence-electron chi connectivity index (χ2n) is 2.90. The molecule has 0 aliphatic rings. The summed E-state index contributed by atoms with van der Waals surface area (Å²) in [6.45, 7) is 2.02. The Kier molecular flexibility index (Phi) is 2.10. The van der Waals surface area contributed by atoms with Gasteiger partial charge in [0.25, 0.3) is 0 Å². The predicted molar refractivity (Wildman–Crippen MR) is 57.0 cm³/mol. The first kappa shape index (κ1) is 8.73. The summed E-state index contributed by atoms with van der Waals surface area (Å²) < 4.78 is 1.08. The van der Waals surface area contributed by atoms with E-state index in [9.17, 15) is 4.79 Å². The van der Waals surface area contributed by atoms with Gasteiger partial charge < -0.3 is 0 Å². The minimum Gasteiger partial charge on any atom is -0.297 e. The zero-order valence-corrected chi connectivity index (χ0v) is 8.58. The van der Waals surface area contributed by atoms with E-state index in [0.29, 0.717) is 9.90 Å². The largest absolute Gasteiger partial charge is 0.297 e. The van der Waals surface area contributed by atoms with Gasteiger partial charge in [0.15, 0.2) is 6.29 Å². The van der Waals surface area contributed by atoms with E-state index in [1.54, 1.807) is 0 Å². The maximum absolute atomic E-state index is 10.6. The zero-order valence-electron chi connectivity index (χ0n) is 7.00. The van der Waals surface area contributed by atoms with Crippen molar-refractivity contribution in [3.8, 4) is 0 Å². The van der Waals surface area contributed by atoms with E-state index >= 15 is 0 Å². The number of aryl methyl sites for hydroxylation is 1. The monoisotopic (exact) mass is 210 g/mol. The van der Waals surface area contributed by atoms with Crippen molar-refractivity contribution in [3.63, 3.8) is 0 Å². The number of benzene rings is 1. The van der Waals surface area contributed by atoms with Gasteiger partial charge in [0.05, 0.1) is 9.90 Å². The van der Waals surface area contributed by atoms with Gasteiger partial charge >= 0.3 is 0 Å². The summed E-state index contributed by atoms with van der Waals surface area (Å²) in [6.07, 6.45) is 0.808. The van der Waals surface area contributed by atoms with Gasteiger partial charge in [-0.05, 0) is 18.6 Å². The van der Waals surface area contributed by atoms with Crippen LogP contribution >= 0.6 is 22.9 Å². The highest BCUT2D eigenvalue weighted by Gasteiger charge is 2.08.